The Morgan fingerprint density at radius 1 is 1.44 bits per heavy atom. The highest BCUT2D eigenvalue weighted by Crippen LogP contribution is 2.31. The summed E-state index contributed by atoms with van der Waals surface area (Å²) in [4.78, 5) is 25.1. The average Bonchev–Trinajstić information content (AvgIpc) is 2.64. The van der Waals surface area contributed by atoms with Crippen molar-refractivity contribution in [3.8, 4) is 0 Å². The van der Waals surface area contributed by atoms with E-state index in [0.29, 0.717) is 11.3 Å². The summed E-state index contributed by atoms with van der Waals surface area (Å²) in [5.41, 5.74) is 1.79. The van der Waals surface area contributed by atoms with E-state index in [4.69, 9.17) is 0 Å². The molecule has 0 radical (unpaired) electrons. The molecule has 0 aliphatic carbocycles. The zero-order valence-electron chi connectivity index (χ0n) is 10.1. The van der Waals surface area contributed by atoms with Crippen molar-refractivity contribution in [1.29, 1.82) is 0 Å². The molecule has 0 spiro atoms. The first-order valence-corrected chi connectivity index (χ1v) is 6.20. The van der Waals surface area contributed by atoms with Crippen LogP contribution in [0.4, 0.5) is 5.69 Å². The van der Waals surface area contributed by atoms with Crippen molar-refractivity contribution in [2.45, 2.75) is 13.3 Å². The number of hydrogen-bond donors (Lipinski definition) is 0. The number of carbonyl (C=O) groups excluding carboxylic acids is 2. The highest BCUT2D eigenvalue weighted by Gasteiger charge is 2.32. The molecule has 2 rings (SSSR count). The van der Waals surface area contributed by atoms with E-state index in [9.17, 15) is 9.59 Å². The molecule has 5 heteroatoms. The van der Waals surface area contributed by atoms with Crippen molar-refractivity contribution in [3.05, 3.63) is 40.0 Å². The van der Waals surface area contributed by atoms with Crippen LogP contribution in [-0.4, -0.2) is 19.0 Å². The van der Waals surface area contributed by atoms with Crippen LogP contribution in [0.1, 0.15) is 13.3 Å². The molecule has 0 atom stereocenters. The van der Waals surface area contributed by atoms with E-state index < -0.39 is 5.97 Å². The Kier molecular flexibility index (Phi) is 3.52. The van der Waals surface area contributed by atoms with Crippen LogP contribution in [0.15, 0.2) is 40.0 Å². The van der Waals surface area contributed by atoms with E-state index in [1.54, 1.807) is 6.92 Å². The Hall–Kier alpha value is -1.62. The number of esters is 1. The molecule has 0 fully saturated rings. The zero-order chi connectivity index (χ0) is 13.3. The van der Waals surface area contributed by atoms with Gasteiger partial charge in [0.15, 0.2) is 0 Å². The fourth-order valence-electron chi connectivity index (χ4n) is 1.98. The summed E-state index contributed by atoms with van der Waals surface area (Å²) >= 11 is 3.36. The van der Waals surface area contributed by atoms with Gasteiger partial charge in [0, 0.05) is 15.9 Å². The summed E-state index contributed by atoms with van der Waals surface area (Å²) in [6.07, 6.45) is 0.0883. The number of nitrogens with zero attached hydrogens (tertiary/aromatic N) is 1. The third kappa shape index (κ3) is 2.18. The van der Waals surface area contributed by atoms with E-state index in [0.717, 1.165) is 10.2 Å². The molecule has 0 bridgehead atoms. The third-order valence-electron chi connectivity index (χ3n) is 2.85. The molecule has 0 unspecified atom stereocenters. The minimum absolute atomic E-state index is 0.0883. The number of hydrogen-bond acceptors (Lipinski definition) is 3. The van der Waals surface area contributed by atoms with Gasteiger partial charge in [-0.2, -0.15) is 0 Å². The number of halogens is 1. The van der Waals surface area contributed by atoms with Crippen molar-refractivity contribution >= 4 is 33.5 Å². The Bertz CT molecular complexity index is 551. The van der Waals surface area contributed by atoms with Crippen LogP contribution in [0.3, 0.4) is 0 Å². The van der Waals surface area contributed by atoms with Gasteiger partial charge in [0.05, 0.1) is 19.1 Å². The van der Waals surface area contributed by atoms with Gasteiger partial charge in [-0.3, -0.25) is 9.69 Å². The van der Waals surface area contributed by atoms with E-state index in [1.807, 2.05) is 24.3 Å². The first-order chi connectivity index (χ1) is 8.54. The van der Waals surface area contributed by atoms with Crippen molar-refractivity contribution in [2.24, 2.45) is 0 Å². The fourth-order valence-corrected chi connectivity index (χ4v) is 2.36. The molecule has 1 heterocycles. The van der Waals surface area contributed by atoms with E-state index >= 15 is 0 Å². The first-order valence-electron chi connectivity index (χ1n) is 5.41. The van der Waals surface area contributed by atoms with Crippen molar-refractivity contribution in [3.63, 3.8) is 0 Å². The predicted octanol–water partition coefficient (Wildman–Crippen LogP) is 2.63. The summed E-state index contributed by atoms with van der Waals surface area (Å²) in [7, 11) is 1.31. The Morgan fingerprint density at radius 3 is 2.78 bits per heavy atom. The summed E-state index contributed by atoms with van der Waals surface area (Å²) in [5, 5.41) is 0. The minimum Gasteiger partial charge on any atom is -0.466 e. The fraction of sp³-hybridized carbons (Fsp3) is 0.231. The molecule has 1 aromatic carbocycles. The largest absolute Gasteiger partial charge is 0.466 e. The van der Waals surface area contributed by atoms with Crippen LogP contribution in [-0.2, 0) is 14.3 Å². The van der Waals surface area contributed by atoms with Gasteiger partial charge in [-0.05, 0) is 25.1 Å². The lowest BCUT2D eigenvalue weighted by atomic mass is 10.2. The van der Waals surface area contributed by atoms with E-state index in [2.05, 4.69) is 20.7 Å². The molecular formula is C13H12BrNO3. The number of anilines is 1. The first kappa shape index (κ1) is 12.8. The Labute approximate surface area is 113 Å². The van der Waals surface area contributed by atoms with Crippen LogP contribution in [0.5, 0.6) is 0 Å². The number of allylic oxidation sites excluding steroid dienone is 1. The number of ether oxygens (including phenoxy) is 1. The normalized spacial score (nSPS) is 15.3. The van der Waals surface area contributed by atoms with Gasteiger partial charge in [-0.15, -0.1) is 0 Å². The second kappa shape index (κ2) is 4.94. The molecule has 0 N–H and O–H groups in total. The summed E-state index contributed by atoms with van der Waals surface area (Å²) in [6, 6.07) is 7.38. The topological polar surface area (TPSA) is 46.6 Å². The number of benzene rings is 1. The molecule has 18 heavy (non-hydrogen) atoms. The van der Waals surface area contributed by atoms with Crippen molar-refractivity contribution in [1.82, 2.24) is 0 Å². The lowest BCUT2D eigenvalue weighted by Crippen LogP contribution is -2.23. The lowest BCUT2D eigenvalue weighted by Gasteiger charge is -2.18. The smallest absolute Gasteiger partial charge is 0.336 e. The van der Waals surface area contributed by atoms with Gasteiger partial charge in [0.2, 0.25) is 5.91 Å². The molecule has 4 nitrogen and oxygen atoms in total. The number of methoxy groups -OCH3 is 1. The second-order valence-corrected chi connectivity index (χ2v) is 4.86. The second-order valence-electron chi connectivity index (χ2n) is 3.94. The monoisotopic (exact) mass is 309 g/mol. The number of amides is 1. The zero-order valence-corrected chi connectivity index (χ0v) is 11.7. The molecule has 1 amide bonds. The highest BCUT2D eigenvalue weighted by atomic mass is 79.9. The quantitative estimate of drug-likeness (QED) is 0.789. The maximum absolute atomic E-state index is 12.0. The molecule has 0 saturated carbocycles. The molecule has 0 saturated heterocycles. The van der Waals surface area contributed by atoms with Gasteiger partial charge in [0.25, 0.3) is 0 Å². The molecule has 0 aromatic heterocycles. The van der Waals surface area contributed by atoms with E-state index in [1.165, 1.54) is 12.0 Å². The van der Waals surface area contributed by atoms with Crippen LogP contribution in [0, 0.1) is 0 Å². The van der Waals surface area contributed by atoms with Crippen molar-refractivity contribution in [2.75, 3.05) is 12.0 Å². The summed E-state index contributed by atoms with van der Waals surface area (Å²) < 4.78 is 5.56. The average molecular weight is 310 g/mol. The van der Waals surface area contributed by atoms with Gasteiger partial charge in [-0.25, -0.2) is 4.79 Å². The number of rotatable bonds is 2. The minimum atomic E-state index is -0.446. The lowest BCUT2D eigenvalue weighted by molar-refractivity contribution is -0.136. The summed E-state index contributed by atoms with van der Waals surface area (Å²) in [6.45, 7) is 1.75. The Balaban J connectivity index is 2.42. The predicted molar refractivity (Wildman–Crippen MR) is 71.0 cm³/mol. The molecule has 1 aromatic rings. The molecular weight excluding hydrogens is 298 g/mol. The molecule has 1 aliphatic rings. The van der Waals surface area contributed by atoms with Gasteiger partial charge in [-0.1, -0.05) is 22.0 Å². The number of carbonyl (C=O) groups is 2. The maximum atomic E-state index is 12.0. The van der Waals surface area contributed by atoms with Crippen LogP contribution >= 0.6 is 15.9 Å². The van der Waals surface area contributed by atoms with Gasteiger partial charge in [0.1, 0.15) is 0 Å². The van der Waals surface area contributed by atoms with Gasteiger partial charge >= 0.3 is 5.97 Å². The SMILES string of the molecule is COC(=O)C1=C(C)N(c2cccc(Br)c2)C(=O)C1. The van der Waals surface area contributed by atoms with Crippen molar-refractivity contribution < 1.29 is 14.3 Å². The molecule has 1 aliphatic heterocycles. The van der Waals surface area contributed by atoms with Gasteiger partial charge < -0.3 is 4.74 Å². The summed E-state index contributed by atoms with van der Waals surface area (Å²) in [5.74, 6) is -0.565. The van der Waals surface area contributed by atoms with Crippen LogP contribution in [0.25, 0.3) is 0 Å². The maximum Gasteiger partial charge on any atom is 0.336 e. The standard InChI is InChI=1S/C13H12BrNO3/c1-8-11(13(17)18-2)7-12(16)15(8)10-5-3-4-9(14)6-10/h3-6H,7H2,1-2H3. The Morgan fingerprint density at radius 2 is 2.17 bits per heavy atom. The third-order valence-corrected chi connectivity index (χ3v) is 3.34. The van der Waals surface area contributed by atoms with Crippen LogP contribution in [0.2, 0.25) is 0 Å². The van der Waals surface area contributed by atoms with E-state index in [-0.39, 0.29) is 12.3 Å². The van der Waals surface area contributed by atoms with Crippen LogP contribution < -0.4 is 4.90 Å². The highest BCUT2D eigenvalue weighted by molar-refractivity contribution is 9.10. The molecule has 94 valence electrons.